The summed E-state index contributed by atoms with van der Waals surface area (Å²) in [4.78, 5) is 6.66. The average molecular weight is 264 g/mol. The number of hydrogen-bond acceptors (Lipinski definition) is 4. The summed E-state index contributed by atoms with van der Waals surface area (Å²) in [5.74, 6) is 0.362. The highest BCUT2D eigenvalue weighted by Crippen LogP contribution is 2.35. The van der Waals surface area contributed by atoms with Gasteiger partial charge in [0, 0.05) is 25.6 Å². The van der Waals surface area contributed by atoms with E-state index >= 15 is 0 Å². The van der Waals surface area contributed by atoms with Crippen molar-refractivity contribution in [3.8, 4) is 5.75 Å². The van der Waals surface area contributed by atoms with Crippen LogP contribution in [0.5, 0.6) is 5.75 Å². The summed E-state index contributed by atoms with van der Waals surface area (Å²) in [5.41, 5.74) is 3.37. The second kappa shape index (κ2) is 5.47. The number of aromatic nitrogens is 1. The van der Waals surface area contributed by atoms with Gasteiger partial charge in [-0.05, 0) is 46.0 Å². The molecule has 1 aliphatic rings. The second-order valence-corrected chi connectivity index (χ2v) is 5.87. The van der Waals surface area contributed by atoms with Crippen LogP contribution in [0.1, 0.15) is 37.1 Å². The summed E-state index contributed by atoms with van der Waals surface area (Å²) in [6.07, 6.45) is 4.10. The molecule has 2 heterocycles. The lowest BCUT2D eigenvalue weighted by molar-refractivity contribution is -0.180. The smallest absolute Gasteiger partial charge is 0.205 e. The highest BCUT2D eigenvalue weighted by Gasteiger charge is 2.30. The lowest BCUT2D eigenvalue weighted by atomic mass is 10.0. The van der Waals surface area contributed by atoms with Gasteiger partial charge in [0.2, 0.25) is 5.79 Å². The van der Waals surface area contributed by atoms with E-state index in [-0.39, 0.29) is 0 Å². The van der Waals surface area contributed by atoms with Crippen molar-refractivity contribution in [2.75, 3.05) is 20.6 Å². The van der Waals surface area contributed by atoms with E-state index in [9.17, 15) is 0 Å². The van der Waals surface area contributed by atoms with E-state index in [4.69, 9.17) is 9.47 Å². The molecule has 4 heteroatoms. The molecule has 1 aromatic rings. The first-order valence-electron chi connectivity index (χ1n) is 6.84. The zero-order chi connectivity index (χ0) is 14.0. The van der Waals surface area contributed by atoms with Crippen LogP contribution in [0, 0.1) is 6.92 Å². The Balaban J connectivity index is 2.18. The second-order valence-electron chi connectivity index (χ2n) is 5.87. The zero-order valence-corrected chi connectivity index (χ0v) is 12.6. The highest BCUT2D eigenvalue weighted by molar-refractivity contribution is 5.42. The van der Waals surface area contributed by atoms with Crippen LogP contribution >= 0.6 is 0 Å². The monoisotopic (exact) mass is 264 g/mol. The van der Waals surface area contributed by atoms with Crippen LogP contribution in [0.3, 0.4) is 0 Å². The first-order valence-corrected chi connectivity index (χ1v) is 6.84. The number of fused-ring (bicyclic) bond motifs is 1. The van der Waals surface area contributed by atoms with Gasteiger partial charge in [-0.25, -0.2) is 0 Å². The lowest BCUT2D eigenvalue weighted by Crippen LogP contribution is -2.36. The van der Waals surface area contributed by atoms with Gasteiger partial charge in [0.05, 0.1) is 12.3 Å². The van der Waals surface area contributed by atoms with Crippen LogP contribution < -0.4 is 4.74 Å². The highest BCUT2D eigenvalue weighted by atomic mass is 16.7. The van der Waals surface area contributed by atoms with E-state index in [1.165, 1.54) is 11.1 Å². The standard InChI is InChI=1S/C15H24N2O2/c1-11-14-13(10-18-15(2,3)19-14)12(9-16-11)7-6-8-17(4)5/h9H,6-8,10H2,1-5H3. The molecule has 4 nitrogen and oxygen atoms in total. The van der Waals surface area contributed by atoms with Crippen molar-refractivity contribution in [3.63, 3.8) is 0 Å². The molecule has 0 radical (unpaired) electrons. The fourth-order valence-electron chi connectivity index (χ4n) is 2.29. The quantitative estimate of drug-likeness (QED) is 0.837. The van der Waals surface area contributed by atoms with E-state index < -0.39 is 5.79 Å². The predicted octanol–water partition coefficient (Wildman–Crippen LogP) is 2.53. The van der Waals surface area contributed by atoms with Crippen LogP contribution in [-0.4, -0.2) is 36.3 Å². The predicted molar refractivity (Wildman–Crippen MR) is 75.3 cm³/mol. The molecular weight excluding hydrogens is 240 g/mol. The summed E-state index contributed by atoms with van der Waals surface area (Å²) >= 11 is 0. The zero-order valence-electron chi connectivity index (χ0n) is 12.6. The average Bonchev–Trinajstić information content (AvgIpc) is 2.31. The van der Waals surface area contributed by atoms with Crippen molar-refractivity contribution in [2.45, 2.75) is 46.0 Å². The number of nitrogens with zero attached hydrogens (tertiary/aromatic N) is 2. The SMILES string of the molecule is Cc1ncc(CCCN(C)C)c2c1OC(C)(C)OC2. The molecule has 1 aromatic heterocycles. The van der Waals surface area contributed by atoms with E-state index in [0.29, 0.717) is 6.61 Å². The molecule has 0 atom stereocenters. The Morgan fingerprint density at radius 1 is 1.37 bits per heavy atom. The van der Waals surface area contributed by atoms with E-state index in [2.05, 4.69) is 24.0 Å². The van der Waals surface area contributed by atoms with Crippen molar-refractivity contribution in [1.29, 1.82) is 0 Å². The summed E-state index contributed by atoms with van der Waals surface area (Å²) in [7, 11) is 4.19. The molecule has 0 bridgehead atoms. The van der Waals surface area contributed by atoms with Gasteiger partial charge in [-0.15, -0.1) is 0 Å². The van der Waals surface area contributed by atoms with Gasteiger partial charge in [-0.2, -0.15) is 0 Å². The molecule has 0 aliphatic carbocycles. The van der Waals surface area contributed by atoms with Crippen molar-refractivity contribution < 1.29 is 9.47 Å². The number of pyridine rings is 1. The maximum absolute atomic E-state index is 5.92. The summed E-state index contributed by atoms with van der Waals surface area (Å²) < 4.78 is 11.7. The molecule has 2 rings (SSSR count). The Morgan fingerprint density at radius 2 is 2.11 bits per heavy atom. The van der Waals surface area contributed by atoms with Crippen LogP contribution in [0.4, 0.5) is 0 Å². The van der Waals surface area contributed by atoms with Gasteiger partial charge in [0.1, 0.15) is 5.75 Å². The van der Waals surface area contributed by atoms with Crippen LogP contribution in [-0.2, 0) is 17.8 Å². The molecule has 0 N–H and O–H groups in total. The Hall–Kier alpha value is -1.13. The molecule has 0 amide bonds. The first kappa shape index (κ1) is 14.3. The number of aryl methyl sites for hydroxylation is 2. The minimum absolute atomic E-state index is 0.554. The summed E-state index contributed by atoms with van der Waals surface area (Å²) in [5, 5.41) is 0. The third-order valence-corrected chi connectivity index (χ3v) is 3.37. The molecular formula is C15H24N2O2. The third kappa shape index (κ3) is 3.45. The fourth-order valence-corrected chi connectivity index (χ4v) is 2.29. The Morgan fingerprint density at radius 3 is 2.79 bits per heavy atom. The fraction of sp³-hybridized carbons (Fsp3) is 0.667. The maximum atomic E-state index is 5.92. The topological polar surface area (TPSA) is 34.6 Å². The molecule has 0 saturated heterocycles. The minimum atomic E-state index is -0.554. The Bertz CT molecular complexity index is 456. The van der Waals surface area contributed by atoms with E-state index in [1.807, 2.05) is 27.0 Å². The molecule has 0 unspecified atom stereocenters. The van der Waals surface area contributed by atoms with Crippen molar-refractivity contribution in [3.05, 3.63) is 23.0 Å². The van der Waals surface area contributed by atoms with Gasteiger partial charge >= 0.3 is 0 Å². The Labute approximate surface area is 115 Å². The minimum Gasteiger partial charge on any atom is -0.461 e. The molecule has 0 spiro atoms. The van der Waals surface area contributed by atoms with E-state index in [1.54, 1.807) is 0 Å². The molecule has 106 valence electrons. The van der Waals surface area contributed by atoms with Gasteiger partial charge in [0.15, 0.2) is 0 Å². The molecule has 0 saturated carbocycles. The molecule has 0 fully saturated rings. The summed E-state index contributed by atoms with van der Waals surface area (Å²) in [6.45, 7) is 7.56. The van der Waals surface area contributed by atoms with Gasteiger partial charge in [-0.1, -0.05) is 0 Å². The van der Waals surface area contributed by atoms with Crippen LogP contribution in [0.15, 0.2) is 6.20 Å². The van der Waals surface area contributed by atoms with Crippen molar-refractivity contribution >= 4 is 0 Å². The van der Waals surface area contributed by atoms with Crippen molar-refractivity contribution in [2.24, 2.45) is 0 Å². The van der Waals surface area contributed by atoms with E-state index in [0.717, 1.165) is 30.8 Å². The molecule has 0 aromatic carbocycles. The summed E-state index contributed by atoms with van der Waals surface area (Å²) in [6, 6.07) is 0. The molecule has 19 heavy (non-hydrogen) atoms. The van der Waals surface area contributed by atoms with Crippen molar-refractivity contribution in [1.82, 2.24) is 9.88 Å². The lowest BCUT2D eigenvalue weighted by Gasteiger charge is -2.34. The molecule has 1 aliphatic heterocycles. The number of rotatable bonds is 4. The van der Waals surface area contributed by atoms with Gasteiger partial charge in [0.25, 0.3) is 0 Å². The largest absolute Gasteiger partial charge is 0.461 e. The number of hydrogen-bond donors (Lipinski definition) is 0. The maximum Gasteiger partial charge on any atom is 0.205 e. The number of ether oxygens (including phenoxy) is 2. The first-order chi connectivity index (χ1) is 8.89. The third-order valence-electron chi connectivity index (χ3n) is 3.37. The van der Waals surface area contributed by atoms with Gasteiger partial charge < -0.3 is 14.4 Å². The van der Waals surface area contributed by atoms with Gasteiger partial charge in [-0.3, -0.25) is 4.98 Å². The normalized spacial score (nSPS) is 17.2. The Kier molecular flexibility index (Phi) is 4.11. The van der Waals surface area contributed by atoms with Crippen LogP contribution in [0.25, 0.3) is 0 Å². The van der Waals surface area contributed by atoms with Crippen LogP contribution in [0.2, 0.25) is 0 Å².